The van der Waals surface area contributed by atoms with Gasteiger partial charge in [0.2, 0.25) is 0 Å². The van der Waals surface area contributed by atoms with Crippen LogP contribution in [0.4, 0.5) is 8.78 Å². The van der Waals surface area contributed by atoms with Crippen molar-refractivity contribution in [2.45, 2.75) is 33.2 Å². The van der Waals surface area contributed by atoms with Crippen LogP contribution in [-0.4, -0.2) is 11.5 Å². The Morgan fingerprint density at radius 2 is 1.90 bits per heavy atom. The number of aryl methyl sites for hydroxylation is 2. The average molecular weight is 290 g/mol. The number of hydrogen-bond donors (Lipinski definition) is 1. The highest BCUT2D eigenvalue weighted by Gasteiger charge is 2.21. The van der Waals surface area contributed by atoms with Crippen LogP contribution >= 0.6 is 0 Å². The van der Waals surface area contributed by atoms with Crippen LogP contribution < -0.4 is 5.32 Å². The molecule has 2 rings (SSSR count). The molecule has 2 aromatic rings. The molecule has 0 bridgehead atoms. The summed E-state index contributed by atoms with van der Waals surface area (Å²) in [5.41, 5.74) is 2.46. The van der Waals surface area contributed by atoms with Gasteiger partial charge in [-0.3, -0.25) is 4.98 Å². The van der Waals surface area contributed by atoms with E-state index in [2.05, 4.69) is 10.3 Å². The van der Waals surface area contributed by atoms with Crippen molar-refractivity contribution in [3.05, 3.63) is 64.5 Å². The molecule has 1 aromatic heterocycles. The zero-order chi connectivity index (χ0) is 15.4. The van der Waals surface area contributed by atoms with E-state index in [0.29, 0.717) is 17.7 Å². The maximum Gasteiger partial charge on any atom is 0.164 e. The summed E-state index contributed by atoms with van der Waals surface area (Å²) < 4.78 is 28.1. The first-order valence-corrected chi connectivity index (χ1v) is 7.14. The summed E-state index contributed by atoms with van der Waals surface area (Å²) in [4.78, 5) is 4.15. The van der Waals surface area contributed by atoms with E-state index in [-0.39, 0.29) is 0 Å². The van der Waals surface area contributed by atoms with Gasteiger partial charge in [0.15, 0.2) is 11.6 Å². The van der Waals surface area contributed by atoms with E-state index in [1.54, 1.807) is 31.5 Å². The van der Waals surface area contributed by atoms with Gasteiger partial charge in [0.05, 0.1) is 6.04 Å². The van der Waals surface area contributed by atoms with Gasteiger partial charge in [-0.2, -0.15) is 0 Å². The molecule has 1 aromatic carbocycles. The molecular formula is C17H20F2N2. The molecule has 0 radical (unpaired) electrons. The first-order valence-electron chi connectivity index (χ1n) is 7.14. The summed E-state index contributed by atoms with van der Waals surface area (Å²) in [5.74, 6) is -1.57. The minimum atomic E-state index is -0.787. The van der Waals surface area contributed by atoms with Gasteiger partial charge in [0.25, 0.3) is 0 Å². The Hall–Kier alpha value is -1.81. The molecule has 0 saturated carbocycles. The van der Waals surface area contributed by atoms with Crippen molar-refractivity contribution in [3.8, 4) is 0 Å². The van der Waals surface area contributed by atoms with Crippen LogP contribution in [0.5, 0.6) is 0 Å². The van der Waals surface area contributed by atoms with Crippen molar-refractivity contribution in [2.24, 2.45) is 0 Å². The normalized spacial score (nSPS) is 12.4. The van der Waals surface area contributed by atoms with Crippen LogP contribution in [0, 0.1) is 25.5 Å². The average Bonchev–Trinajstić information content (AvgIpc) is 2.47. The molecule has 4 heteroatoms. The third-order valence-electron chi connectivity index (χ3n) is 3.44. The van der Waals surface area contributed by atoms with Crippen LogP contribution in [0.25, 0.3) is 0 Å². The second-order valence-electron chi connectivity index (χ2n) is 5.28. The van der Waals surface area contributed by atoms with Gasteiger partial charge in [-0.05, 0) is 43.5 Å². The van der Waals surface area contributed by atoms with Crippen molar-refractivity contribution in [1.82, 2.24) is 10.3 Å². The number of nitrogens with zero attached hydrogens (tertiary/aromatic N) is 1. The van der Waals surface area contributed by atoms with Crippen LogP contribution in [0.2, 0.25) is 0 Å². The molecule has 0 amide bonds. The molecule has 1 unspecified atom stereocenters. The quantitative estimate of drug-likeness (QED) is 0.898. The molecule has 0 spiro atoms. The SMILES string of the molecule is CCCNC(c1cncc(C)c1)c1ccc(C)c(F)c1F. The van der Waals surface area contributed by atoms with E-state index in [1.165, 1.54) is 0 Å². The van der Waals surface area contributed by atoms with E-state index in [0.717, 1.165) is 17.5 Å². The number of rotatable bonds is 5. The largest absolute Gasteiger partial charge is 0.306 e. The molecule has 0 aliphatic carbocycles. The molecule has 1 heterocycles. The molecule has 0 saturated heterocycles. The standard InChI is InChI=1S/C17H20F2N2/c1-4-7-21-17(13-8-11(2)9-20-10-13)14-6-5-12(3)15(18)16(14)19/h5-6,8-10,17,21H,4,7H2,1-3H3. The van der Waals surface area contributed by atoms with Crippen molar-refractivity contribution in [3.63, 3.8) is 0 Å². The Morgan fingerprint density at radius 3 is 2.57 bits per heavy atom. The van der Waals surface area contributed by atoms with E-state index in [4.69, 9.17) is 0 Å². The van der Waals surface area contributed by atoms with Crippen molar-refractivity contribution in [2.75, 3.05) is 6.54 Å². The van der Waals surface area contributed by atoms with Crippen molar-refractivity contribution < 1.29 is 8.78 Å². The van der Waals surface area contributed by atoms with Gasteiger partial charge in [-0.1, -0.05) is 25.1 Å². The van der Waals surface area contributed by atoms with Gasteiger partial charge in [0, 0.05) is 18.0 Å². The Kier molecular flexibility index (Phi) is 5.02. The fourth-order valence-electron chi connectivity index (χ4n) is 2.32. The lowest BCUT2D eigenvalue weighted by Gasteiger charge is -2.21. The number of aromatic nitrogens is 1. The minimum absolute atomic E-state index is 0.313. The number of halogens is 2. The molecule has 21 heavy (non-hydrogen) atoms. The van der Waals surface area contributed by atoms with E-state index >= 15 is 0 Å². The van der Waals surface area contributed by atoms with E-state index < -0.39 is 17.7 Å². The van der Waals surface area contributed by atoms with Gasteiger partial charge in [-0.25, -0.2) is 8.78 Å². The van der Waals surface area contributed by atoms with Gasteiger partial charge < -0.3 is 5.32 Å². The third kappa shape index (κ3) is 3.45. The molecule has 1 atom stereocenters. The number of hydrogen-bond acceptors (Lipinski definition) is 2. The highest BCUT2D eigenvalue weighted by molar-refractivity contribution is 5.35. The highest BCUT2D eigenvalue weighted by Crippen LogP contribution is 2.27. The number of benzene rings is 1. The summed E-state index contributed by atoms with van der Waals surface area (Å²) >= 11 is 0. The predicted molar refractivity (Wildman–Crippen MR) is 80.2 cm³/mol. The van der Waals surface area contributed by atoms with E-state index in [1.807, 2.05) is 19.9 Å². The maximum atomic E-state index is 14.3. The monoisotopic (exact) mass is 290 g/mol. The summed E-state index contributed by atoms with van der Waals surface area (Å²) in [6.07, 6.45) is 4.34. The van der Waals surface area contributed by atoms with Crippen LogP contribution in [0.1, 0.15) is 41.6 Å². The first kappa shape index (κ1) is 15.6. The molecule has 0 aliphatic heterocycles. The third-order valence-corrected chi connectivity index (χ3v) is 3.44. The van der Waals surface area contributed by atoms with Gasteiger partial charge in [0.1, 0.15) is 0 Å². The molecule has 0 aliphatic rings. The van der Waals surface area contributed by atoms with Crippen LogP contribution in [0.15, 0.2) is 30.6 Å². The summed E-state index contributed by atoms with van der Waals surface area (Å²) in [5, 5.41) is 3.27. The Bertz CT molecular complexity index is 626. The highest BCUT2D eigenvalue weighted by atomic mass is 19.2. The zero-order valence-electron chi connectivity index (χ0n) is 12.6. The molecule has 1 N–H and O–H groups in total. The topological polar surface area (TPSA) is 24.9 Å². The number of pyridine rings is 1. The minimum Gasteiger partial charge on any atom is -0.306 e. The van der Waals surface area contributed by atoms with Crippen LogP contribution in [-0.2, 0) is 0 Å². The lowest BCUT2D eigenvalue weighted by molar-refractivity contribution is 0.476. The Morgan fingerprint density at radius 1 is 1.14 bits per heavy atom. The number of nitrogens with one attached hydrogen (secondary N) is 1. The summed E-state index contributed by atoms with van der Waals surface area (Å²) in [6, 6.07) is 4.80. The second kappa shape index (κ2) is 6.76. The van der Waals surface area contributed by atoms with Gasteiger partial charge >= 0.3 is 0 Å². The fourth-order valence-corrected chi connectivity index (χ4v) is 2.32. The van der Waals surface area contributed by atoms with Crippen molar-refractivity contribution >= 4 is 0 Å². The van der Waals surface area contributed by atoms with Crippen molar-refractivity contribution in [1.29, 1.82) is 0 Å². The Balaban J connectivity index is 2.48. The summed E-state index contributed by atoms with van der Waals surface area (Å²) in [7, 11) is 0. The molecular weight excluding hydrogens is 270 g/mol. The maximum absolute atomic E-state index is 14.3. The molecule has 0 fully saturated rings. The smallest absolute Gasteiger partial charge is 0.164 e. The molecule has 2 nitrogen and oxygen atoms in total. The van der Waals surface area contributed by atoms with Crippen LogP contribution in [0.3, 0.4) is 0 Å². The predicted octanol–water partition coefficient (Wildman–Crippen LogP) is 4.07. The molecule has 112 valence electrons. The first-order chi connectivity index (χ1) is 10.0. The zero-order valence-corrected chi connectivity index (χ0v) is 12.6. The summed E-state index contributed by atoms with van der Waals surface area (Å²) in [6.45, 7) is 6.24. The second-order valence-corrected chi connectivity index (χ2v) is 5.28. The lowest BCUT2D eigenvalue weighted by Crippen LogP contribution is -2.24. The lowest BCUT2D eigenvalue weighted by atomic mass is 9.97. The van der Waals surface area contributed by atoms with E-state index in [9.17, 15) is 8.78 Å². The Labute approximate surface area is 124 Å². The van der Waals surface area contributed by atoms with Gasteiger partial charge in [-0.15, -0.1) is 0 Å². The fraction of sp³-hybridized carbons (Fsp3) is 0.353.